The van der Waals surface area contributed by atoms with Gasteiger partial charge in [0.1, 0.15) is 0 Å². The standard InChI is InChI=1S/C8H19O4P/c1-7(2)12-13(9,10)11-6-8(3,4)5/h7H,6H2,1-5H3,(H,9,10). The molecule has 0 saturated carbocycles. The van der Waals surface area contributed by atoms with Crippen LogP contribution in [-0.4, -0.2) is 17.6 Å². The van der Waals surface area contributed by atoms with E-state index in [-0.39, 0.29) is 18.1 Å². The van der Waals surface area contributed by atoms with E-state index in [4.69, 9.17) is 13.9 Å². The maximum atomic E-state index is 11.2. The van der Waals surface area contributed by atoms with Crippen molar-refractivity contribution in [2.45, 2.75) is 40.7 Å². The van der Waals surface area contributed by atoms with E-state index in [0.29, 0.717) is 0 Å². The molecule has 1 unspecified atom stereocenters. The molecule has 0 aliphatic rings. The van der Waals surface area contributed by atoms with Gasteiger partial charge in [-0.3, -0.25) is 9.05 Å². The van der Waals surface area contributed by atoms with Crippen molar-refractivity contribution in [2.75, 3.05) is 6.61 Å². The van der Waals surface area contributed by atoms with Crippen LogP contribution in [0.5, 0.6) is 0 Å². The summed E-state index contributed by atoms with van der Waals surface area (Å²) in [6, 6.07) is 0. The second-order valence-electron chi connectivity index (χ2n) is 4.46. The number of hydrogen-bond acceptors (Lipinski definition) is 3. The third-order valence-corrected chi connectivity index (χ3v) is 2.15. The highest BCUT2D eigenvalue weighted by Crippen LogP contribution is 2.45. The van der Waals surface area contributed by atoms with Crippen molar-refractivity contribution in [1.82, 2.24) is 0 Å². The summed E-state index contributed by atoms with van der Waals surface area (Å²) in [4.78, 5) is 9.16. The molecule has 0 amide bonds. The molecule has 0 aromatic heterocycles. The molecule has 80 valence electrons. The van der Waals surface area contributed by atoms with Gasteiger partial charge in [-0.1, -0.05) is 20.8 Å². The fraction of sp³-hybridized carbons (Fsp3) is 1.00. The van der Waals surface area contributed by atoms with Gasteiger partial charge in [0.25, 0.3) is 0 Å². The first-order chi connectivity index (χ1) is 5.62. The Morgan fingerprint density at radius 2 is 1.85 bits per heavy atom. The van der Waals surface area contributed by atoms with Gasteiger partial charge in [-0.2, -0.15) is 0 Å². The average molecular weight is 210 g/mol. The fourth-order valence-electron chi connectivity index (χ4n) is 0.572. The van der Waals surface area contributed by atoms with Crippen molar-refractivity contribution in [3.05, 3.63) is 0 Å². The first-order valence-corrected chi connectivity index (χ1v) is 5.78. The Morgan fingerprint density at radius 3 is 2.15 bits per heavy atom. The van der Waals surface area contributed by atoms with Crippen molar-refractivity contribution in [3.63, 3.8) is 0 Å². The topological polar surface area (TPSA) is 55.8 Å². The maximum absolute atomic E-state index is 11.2. The summed E-state index contributed by atoms with van der Waals surface area (Å²) in [5, 5.41) is 0. The minimum atomic E-state index is -3.85. The molecule has 0 aromatic carbocycles. The lowest BCUT2D eigenvalue weighted by atomic mass is 9.99. The van der Waals surface area contributed by atoms with E-state index in [0.717, 1.165) is 0 Å². The number of rotatable bonds is 4. The Bertz CT molecular complexity index is 195. The molecule has 0 aliphatic carbocycles. The molecule has 0 aliphatic heterocycles. The molecular weight excluding hydrogens is 191 g/mol. The molecule has 0 fully saturated rings. The largest absolute Gasteiger partial charge is 0.472 e. The van der Waals surface area contributed by atoms with Gasteiger partial charge in [0.2, 0.25) is 0 Å². The molecule has 0 radical (unpaired) electrons. The van der Waals surface area contributed by atoms with E-state index in [2.05, 4.69) is 0 Å². The van der Waals surface area contributed by atoms with Crippen LogP contribution in [0.3, 0.4) is 0 Å². The molecule has 0 heterocycles. The minimum Gasteiger partial charge on any atom is -0.302 e. The van der Waals surface area contributed by atoms with Gasteiger partial charge >= 0.3 is 7.82 Å². The summed E-state index contributed by atoms with van der Waals surface area (Å²) in [6.45, 7) is 9.33. The minimum absolute atomic E-state index is 0.140. The summed E-state index contributed by atoms with van der Waals surface area (Å²) < 4.78 is 20.7. The summed E-state index contributed by atoms with van der Waals surface area (Å²) in [7, 11) is -3.85. The zero-order valence-corrected chi connectivity index (χ0v) is 9.80. The summed E-state index contributed by atoms with van der Waals surface area (Å²) in [6.07, 6.45) is -0.309. The Kier molecular flexibility index (Phi) is 4.60. The number of phosphoric acid groups is 1. The SMILES string of the molecule is CC(C)OP(=O)(O)OCC(C)(C)C. The van der Waals surface area contributed by atoms with Crippen LogP contribution in [0.1, 0.15) is 34.6 Å². The first kappa shape index (κ1) is 13.1. The van der Waals surface area contributed by atoms with Crippen molar-refractivity contribution in [3.8, 4) is 0 Å². The molecule has 0 rings (SSSR count). The van der Waals surface area contributed by atoms with E-state index in [1.807, 2.05) is 20.8 Å². The molecular formula is C8H19O4P. The van der Waals surface area contributed by atoms with Gasteiger partial charge in [0.15, 0.2) is 0 Å². The van der Waals surface area contributed by atoms with Crippen LogP contribution in [0.25, 0.3) is 0 Å². The molecule has 0 spiro atoms. The van der Waals surface area contributed by atoms with Crippen molar-refractivity contribution in [1.29, 1.82) is 0 Å². The summed E-state index contributed by atoms with van der Waals surface area (Å²) in [5.41, 5.74) is -0.140. The van der Waals surface area contributed by atoms with Gasteiger partial charge in [-0.15, -0.1) is 0 Å². The lowest BCUT2D eigenvalue weighted by Crippen LogP contribution is -2.15. The van der Waals surface area contributed by atoms with E-state index >= 15 is 0 Å². The molecule has 0 aromatic rings. The molecule has 0 bridgehead atoms. The Labute approximate surface area is 79.9 Å². The van der Waals surface area contributed by atoms with Crippen molar-refractivity contribution >= 4 is 7.82 Å². The van der Waals surface area contributed by atoms with Gasteiger partial charge in [0.05, 0.1) is 12.7 Å². The summed E-state index contributed by atoms with van der Waals surface area (Å²) in [5.74, 6) is 0. The molecule has 0 saturated heterocycles. The van der Waals surface area contributed by atoms with Crippen molar-refractivity contribution in [2.24, 2.45) is 5.41 Å². The molecule has 1 atom stereocenters. The van der Waals surface area contributed by atoms with Gasteiger partial charge in [-0.25, -0.2) is 4.57 Å². The lowest BCUT2D eigenvalue weighted by Gasteiger charge is -2.21. The Hall–Kier alpha value is 0.110. The zero-order chi connectivity index (χ0) is 10.7. The van der Waals surface area contributed by atoms with Crippen molar-refractivity contribution < 1.29 is 18.5 Å². The van der Waals surface area contributed by atoms with E-state index in [9.17, 15) is 4.57 Å². The van der Waals surface area contributed by atoms with Crippen LogP contribution >= 0.6 is 7.82 Å². The maximum Gasteiger partial charge on any atom is 0.472 e. The highest BCUT2D eigenvalue weighted by molar-refractivity contribution is 7.47. The molecule has 1 N–H and O–H groups in total. The quantitative estimate of drug-likeness (QED) is 0.724. The smallest absolute Gasteiger partial charge is 0.302 e. The van der Waals surface area contributed by atoms with Gasteiger partial charge in [0, 0.05) is 0 Å². The van der Waals surface area contributed by atoms with E-state index in [1.54, 1.807) is 13.8 Å². The predicted molar refractivity (Wildman–Crippen MR) is 51.5 cm³/mol. The lowest BCUT2D eigenvalue weighted by molar-refractivity contribution is 0.0924. The fourth-order valence-corrected chi connectivity index (χ4v) is 1.72. The van der Waals surface area contributed by atoms with Crippen LogP contribution in [0, 0.1) is 5.41 Å². The van der Waals surface area contributed by atoms with Crippen LogP contribution in [0.2, 0.25) is 0 Å². The normalized spacial score (nSPS) is 17.5. The monoisotopic (exact) mass is 210 g/mol. The zero-order valence-electron chi connectivity index (χ0n) is 8.90. The van der Waals surface area contributed by atoms with Crippen LogP contribution in [-0.2, 0) is 13.6 Å². The third kappa shape index (κ3) is 8.44. The van der Waals surface area contributed by atoms with Crippen LogP contribution < -0.4 is 0 Å². The van der Waals surface area contributed by atoms with Gasteiger partial charge in [-0.05, 0) is 19.3 Å². The Morgan fingerprint density at radius 1 is 1.38 bits per heavy atom. The number of hydrogen-bond donors (Lipinski definition) is 1. The van der Waals surface area contributed by atoms with E-state index in [1.165, 1.54) is 0 Å². The molecule has 5 heteroatoms. The third-order valence-electron chi connectivity index (χ3n) is 1.00. The van der Waals surface area contributed by atoms with E-state index < -0.39 is 7.82 Å². The van der Waals surface area contributed by atoms with Gasteiger partial charge < -0.3 is 4.89 Å². The average Bonchev–Trinajstić information content (AvgIpc) is 1.79. The van der Waals surface area contributed by atoms with Crippen LogP contribution in [0.4, 0.5) is 0 Å². The number of phosphoric ester groups is 1. The highest BCUT2D eigenvalue weighted by Gasteiger charge is 2.25. The van der Waals surface area contributed by atoms with Crippen LogP contribution in [0.15, 0.2) is 0 Å². The molecule has 4 nitrogen and oxygen atoms in total. The highest BCUT2D eigenvalue weighted by atomic mass is 31.2. The first-order valence-electron chi connectivity index (χ1n) is 4.28. The summed E-state index contributed by atoms with van der Waals surface area (Å²) >= 11 is 0. The second kappa shape index (κ2) is 4.56. The molecule has 13 heavy (non-hydrogen) atoms. The second-order valence-corrected chi connectivity index (χ2v) is 5.86. The predicted octanol–water partition coefficient (Wildman–Crippen LogP) is 2.57. The Balaban J connectivity index is 3.97.